The van der Waals surface area contributed by atoms with Crippen molar-refractivity contribution in [2.24, 2.45) is 0 Å². The number of amides is 1. The van der Waals surface area contributed by atoms with Crippen LogP contribution in [0.15, 0.2) is 60.7 Å². The van der Waals surface area contributed by atoms with E-state index in [0.29, 0.717) is 28.3 Å². The molecule has 4 nitrogen and oxygen atoms in total. The van der Waals surface area contributed by atoms with Crippen LogP contribution in [0.3, 0.4) is 0 Å². The predicted molar refractivity (Wildman–Crippen MR) is 102 cm³/mol. The van der Waals surface area contributed by atoms with Crippen LogP contribution in [0.4, 0.5) is 10.1 Å². The number of carbonyl (C=O) groups excluding carboxylic acids is 1. The maximum atomic E-state index is 13.7. The summed E-state index contributed by atoms with van der Waals surface area (Å²) in [5.41, 5.74) is 2.74. The minimum absolute atomic E-state index is 0.260. The van der Waals surface area contributed by atoms with E-state index >= 15 is 0 Å². The summed E-state index contributed by atoms with van der Waals surface area (Å²) < 4.78 is 19.4. The van der Waals surface area contributed by atoms with Crippen molar-refractivity contribution in [3.05, 3.63) is 88.7 Å². The Balaban J connectivity index is 1.73. The van der Waals surface area contributed by atoms with Crippen LogP contribution < -0.4 is 10.1 Å². The molecule has 1 N–H and O–H groups in total. The molecule has 0 spiro atoms. The van der Waals surface area contributed by atoms with Gasteiger partial charge in [-0.1, -0.05) is 6.07 Å². The van der Waals surface area contributed by atoms with Crippen molar-refractivity contribution in [1.82, 2.24) is 0 Å². The number of nitrogens with zero attached hydrogens (tertiary/aromatic N) is 1. The third-order valence-electron chi connectivity index (χ3n) is 4.10. The van der Waals surface area contributed by atoms with E-state index in [1.54, 1.807) is 61.5 Å². The van der Waals surface area contributed by atoms with E-state index in [1.165, 1.54) is 6.07 Å². The molecule has 0 atom stereocenters. The SMILES string of the molecule is Cc1ccc(C(=O)Nc2ccc(Oc3ccc(C#N)cc3)cc2C)cc1F. The van der Waals surface area contributed by atoms with E-state index in [0.717, 1.165) is 5.56 Å². The number of benzene rings is 3. The Kier molecular flexibility index (Phi) is 5.18. The van der Waals surface area contributed by atoms with Crippen LogP contribution >= 0.6 is 0 Å². The molecule has 0 aliphatic rings. The molecule has 0 bridgehead atoms. The highest BCUT2D eigenvalue weighted by atomic mass is 19.1. The number of nitriles is 1. The second kappa shape index (κ2) is 7.71. The quantitative estimate of drug-likeness (QED) is 0.681. The number of hydrogen-bond acceptors (Lipinski definition) is 3. The highest BCUT2D eigenvalue weighted by molar-refractivity contribution is 6.04. The zero-order valence-electron chi connectivity index (χ0n) is 14.9. The van der Waals surface area contributed by atoms with Crippen molar-refractivity contribution in [2.45, 2.75) is 13.8 Å². The van der Waals surface area contributed by atoms with Crippen molar-refractivity contribution in [1.29, 1.82) is 5.26 Å². The van der Waals surface area contributed by atoms with E-state index in [4.69, 9.17) is 10.00 Å². The predicted octanol–water partition coefficient (Wildman–Crippen LogP) is 5.36. The summed E-state index contributed by atoms with van der Waals surface area (Å²) in [4.78, 5) is 12.3. The van der Waals surface area contributed by atoms with E-state index in [9.17, 15) is 9.18 Å². The van der Waals surface area contributed by atoms with Gasteiger partial charge in [-0.15, -0.1) is 0 Å². The number of aryl methyl sites for hydroxylation is 2. The smallest absolute Gasteiger partial charge is 0.255 e. The van der Waals surface area contributed by atoms with Gasteiger partial charge in [-0.25, -0.2) is 4.39 Å². The minimum Gasteiger partial charge on any atom is -0.457 e. The number of halogens is 1. The van der Waals surface area contributed by atoms with Gasteiger partial charge in [0, 0.05) is 11.3 Å². The first-order valence-corrected chi connectivity index (χ1v) is 8.32. The van der Waals surface area contributed by atoms with Crippen LogP contribution in [0.2, 0.25) is 0 Å². The molecule has 0 aliphatic heterocycles. The van der Waals surface area contributed by atoms with Gasteiger partial charge >= 0.3 is 0 Å². The molecule has 0 fully saturated rings. The van der Waals surface area contributed by atoms with Crippen molar-refractivity contribution >= 4 is 11.6 Å². The van der Waals surface area contributed by atoms with E-state index in [1.807, 2.05) is 6.92 Å². The normalized spacial score (nSPS) is 10.1. The molecule has 0 saturated carbocycles. The number of hydrogen-bond donors (Lipinski definition) is 1. The lowest BCUT2D eigenvalue weighted by Gasteiger charge is -2.12. The number of rotatable bonds is 4. The third-order valence-corrected chi connectivity index (χ3v) is 4.10. The van der Waals surface area contributed by atoms with Crippen molar-refractivity contribution < 1.29 is 13.9 Å². The van der Waals surface area contributed by atoms with Gasteiger partial charge in [0.05, 0.1) is 11.6 Å². The monoisotopic (exact) mass is 360 g/mol. The maximum Gasteiger partial charge on any atom is 0.255 e. The van der Waals surface area contributed by atoms with Crippen LogP contribution in [0.1, 0.15) is 27.0 Å². The molecule has 3 aromatic rings. The largest absolute Gasteiger partial charge is 0.457 e. The highest BCUT2D eigenvalue weighted by Gasteiger charge is 2.10. The molecule has 27 heavy (non-hydrogen) atoms. The van der Waals surface area contributed by atoms with Gasteiger partial charge < -0.3 is 10.1 Å². The fourth-order valence-corrected chi connectivity index (χ4v) is 2.50. The van der Waals surface area contributed by atoms with Gasteiger partial charge in [0.2, 0.25) is 0 Å². The molecule has 134 valence electrons. The maximum absolute atomic E-state index is 13.7. The molecule has 1 amide bonds. The van der Waals surface area contributed by atoms with Crippen molar-refractivity contribution in [2.75, 3.05) is 5.32 Å². The summed E-state index contributed by atoms with van der Waals surface area (Å²) in [6.45, 7) is 3.49. The molecule has 3 aromatic carbocycles. The Morgan fingerprint density at radius 1 is 0.963 bits per heavy atom. The Hall–Kier alpha value is -3.65. The lowest BCUT2D eigenvalue weighted by molar-refractivity contribution is 0.102. The molecule has 0 unspecified atom stereocenters. The van der Waals surface area contributed by atoms with Crippen LogP contribution in [-0.2, 0) is 0 Å². The minimum atomic E-state index is -0.412. The van der Waals surface area contributed by atoms with Gasteiger partial charge in [0.25, 0.3) is 5.91 Å². The summed E-state index contributed by atoms with van der Waals surface area (Å²) >= 11 is 0. The van der Waals surface area contributed by atoms with Gasteiger partial charge in [-0.2, -0.15) is 5.26 Å². The summed E-state index contributed by atoms with van der Waals surface area (Å²) in [5, 5.41) is 11.6. The van der Waals surface area contributed by atoms with Gasteiger partial charge in [0.1, 0.15) is 17.3 Å². The summed E-state index contributed by atoms with van der Waals surface area (Å²) in [6.07, 6.45) is 0. The van der Waals surface area contributed by atoms with Gasteiger partial charge in [0.15, 0.2) is 0 Å². The molecule has 0 saturated heterocycles. The molecule has 0 aliphatic carbocycles. The Bertz CT molecular complexity index is 1040. The Morgan fingerprint density at radius 2 is 1.67 bits per heavy atom. The number of anilines is 1. The molecule has 0 heterocycles. The van der Waals surface area contributed by atoms with Gasteiger partial charge in [-0.3, -0.25) is 4.79 Å². The van der Waals surface area contributed by atoms with Crippen molar-refractivity contribution in [3.8, 4) is 17.6 Å². The van der Waals surface area contributed by atoms with Crippen LogP contribution in [0.25, 0.3) is 0 Å². The highest BCUT2D eigenvalue weighted by Crippen LogP contribution is 2.26. The Morgan fingerprint density at radius 3 is 2.30 bits per heavy atom. The number of nitrogens with one attached hydrogen (secondary N) is 1. The van der Waals surface area contributed by atoms with Crippen LogP contribution in [-0.4, -0.2) is 5.91 Å². The first-order valence-electron chi connectivity index (χ1n) is 8.32. The summed E-state index contributed by atoms with van der Waals surface area (Å²) in [6, 6.07) is 18.5. The second-order valence-corrected chi connectivity index (χ2v) is 6.13. The van der Waals surface area contributed by atoms with Gasteiger partial charge in [-0.05, 0) is 79.6 Å². The zero-order valence-corrected chi connectivity index (χ0v) is 14.9. The topological polar surface area (TPSA) is 62.1 Å². The second-order valence-electron chi connectivity index (χ2n) is 6.13. The molecule has 0 aromatic heterocycles. The third kappa shape index (κ3) is 4.31. The van der Waals surface area contributed by atoms with Crippen LogP contribution in [0.5, 0.6) is 11.5 Å². The molecule has 5 heteroatoms. The molecular weight excluding hydrogens is 343 g/mol. The average molecular weight is 360 g/mol. The molecule has 3 rings (SSSR count). The fraction of sp³-hybridized carbons (Fsp3) is 0.0909. The number of ether oxygens (including phenoxy) is 1. The zero-order chi connectivity index (χ0) is 19.4. The number of carbonyl (C=O) groups is 1. The van der Waals surface area contributed by atoms with Crippen LogP contribution in [0, 0.1) is 31.0 Å². The van der Waals surface area contributed by atoms with E-state index in [2.05, 4.69) is 11.4 Å². The first kappa shape index (κ1) is 18.2. The van der Waals surface area contributed by atoms with E-state index in [-0.39, 0.29) is 11.5 Å². The summed E-state index contributed by atoms with van der Waals surface area (Å²) in [7, 11) is 0. The standard InChI is InChI=1S/C22H17FN2O2/c1-14-3-6-17(12-20(14)23)22(26)25-21-10-9-19(11-15(21)2)27-18-7-4-16(13-24)5-8-18/h3-12H,1-2H3,(H,25,26). The van der Waals surface area contributed by atoms with Crippen molar-refractivity contribution in [3.63, 3.8) is 0 Å². The molecular formula is C22H17FN2O2. The summed E-state index contributed by atoms with van der Waals surface area (Å²) in [5.74, 6) is 0.431. The molecule has 0 radical (unpaired) electrons. The first-order chi connectivity index (χ1) is 13.0. The average Bonchev–Trinajstić information content (AvgIpc) is 2.66. The fourth-order valence-electron chi connectivity index (χ4n) is 2.50. The Labute approximate surface area is 156 Å². The lowest BCUT2D eigenvalue weighted by Crippen LogP contribution is -2.13. The lowest BCUT2D eigenvalue weighted by atomic mass is 10.1. The van der Waals surface area contributed by atoms with E-state index < -0.39 is 5.82 Å².